The minimum absolute atomic E-state index is 0. The summed E-state index contributed by atoms with van der Waals surface area (Å²) in [5, 5.41) is 0. The molecule has 2 aromatic carbocycles. The van der Waals surface area contributed by atoms with E-state index in [1.54, 1.807) is 0 Å². The quantitative estimate of drug-likeness (QED) is 0.291. The SMILES string of the molecule is Cc1nc2c(-c3nccn3-c3c(C(C)C)cccc3C(C)C)[c-]ccc2o1.[Ir]. The first-order valence-corrected chi connectivity index (χ1v) is 9.42. The van der Waals surface area contributed by atoms with Crippen LogP contribution in [0.4, 0.5) is 0 Å². The van der Waals surface area contributed by atoms with Gasteiger partial charge in [-0.2, -0.15) is 0 Å². The summed E-state index contributed by atoms with van der Waals surface area (Å²) in [5.41, 5.74) is 6.25. The Morgan fingerprint density at radius 1 is 1.04 bits per heavy atom. The number of aryl methyl sites for hydroxylation is 1. The van der Waals surface area contributed by atoms with Crippen LogP contribution in [0.1, 0.15) is 56.5 Å². The van der Waals surface area contributed by atoms with Crippen molar-refractivity contribution in [3.05, 3.63) is 65.8 Å². The van der Waals surface area contributed by atoms with Crippen LogP contribution in [-0.4, -0.2) is 14.5 Å². The van der Waals surface area contributed by atoms with E-state index in [9.17, 15) is 0 Å². The smallest absolute Gasteiger partial charge is 0.180 e. The van der Waals surface area contributed by atoms with Crippen molar-refractivity contribution in [2.45, 2.75) is 46.5 Å². The summed E-state index contributed by atoms with van der Waals surface area (Å²) in [6.07, 6.45) is 3.87. The molecule has 0 aliphatic carbocycles. The summed E-state index contributed by atoms with van der Waals surface area (Å²) >= 11 is 0. The number of imidazole rings is 1. The van der Waals surface area contributed by atoms with E-state index in [-0.39, 0.29) is 20.1 Å². The van der Waals surface area contributed by atoms with E-state index in [2.05, 4.69) is 66.5 Å². The molecule has 0 spiro atoms. The van der Waals surface area contributed by atoms with Crippen molar-refractivity contribution in [3.63, 3.8) is 0 Å². The number of oxazole rings is 1. The second-order valence-electron chi connectivity index (χ2n) is 7.51. The third-order valence-electron chi connectivity index (χ3n) is 4.91. The number of aromatic nitrogens is 3. The molecule has 0 aliphatic heterocycles. The maximum Gasteiger partial charge on any atom is 0.180 e. The Labute approximate surface area is 179 Å². The van der Waals surface area contributed by atoms with Gasteiger partial charge in [0.15, 0.2) is 5.89 Å². The molecule has 4 nitrogen and oxygen atoms in total. The summed E-state index contributed by atoms with van der Waals surface area (Å²) < 4.78 is 7.89. The number of fused-ring (bicyclic) bond motifs is 1. The van der Waals surface area contributed by atoms with Crippen molar-refractivity contribution in [1.29, 1.82) is 0 Å². The maximum absolute atomic E-state index is 5.71. The van der Waals surface area contributed by atoms with Gasteiger partial charge in [-0.3, -0.25) is 9.97 Å². The van der Waals surface area contributed by atoms with Crippen LogP contribution in [0.25, 0.3) is 28.2 Å². The van der Waals surface area contributed by atoms with E-state index in [4.69, 9.17) is 4.42 Å². The molecule has 0 aliphatic rings. The van der Waals surface area contributed by atoms with Gasteiger partial charge in [-0.25, -0.2) is 0 Å². The summed E-state index contributed by atoms with van der Waals surface area (Å²) in [6.45, 7) is 10.8. The second-order valence-corrected chi connectivity index (χ2v) is 7.51. The number of para-hydroxylation sites is 1. The number of benzene rings is 2. The molecule has 0 amide bonds. The number of hydrogen-bond acceptors (Lipinski definition) is 3. The average Bonchev–Trinajstić information content (AvgIpc) is 3.25. The molecule has 4 rings (SSSR count). The summed E-state index contributed by atoms with van der Waals surface area (Å²) in [6, 6.07) is 13.7. The fraction of sp³-hybridized carbons (Fsp3) is 0.304. The molecule has 4 aromatic rings. The third-order valence-corrected chi connectivity index (χ3v) is 4.91. The van der Waals surface area contributed by atoms with Gasteiger partial charge in [0.1, 0.15) is 0 Å². The van der Waals surface area contributed by atoms with Crippen molar-refractivity contribution in [3.8, 4) is 17.1 Å². The van der Waals surface area contributed by atoms with Crippen molar-refractivity contribution < 1.29 is 24.5 Å². The third kappa shape index (κ3) is 3.45. The van der Waals surface area contributed by atoms with Crippen LogP contribution < -0.4 is 0 Å². The van der Waals surface area contributed by atoms with Gasteiger partial charge in [-0.1, -0.05) is 57.5 Å². The predicted octanol–water partition coefficient (Wildman–Crippen LogP) is 6.03. The van der Waals surface area contributed by atoms with Gasteiger partial charge >= 0.3 is 0 Å². The molecule has 2 aromatic heterocycles. The minimum atomic E-state index is 0. The summed E-state index contributed by atoms with van der Waals surface area (Å²) in [5.74, 6) is 2.30. The summed E-state index contributed by atoms with van der Waals surface area (Å²) in [4.78, 5) is 9.24. The monoisotopic (exact) mass is 551 g/mol. The summed E-state index contributed by atoms with van der Waals surface area (Å²) in [7, 11) is 0. The fourth-order valence-corrected chi connectivity index (χ4v) is 3.63. The van der Waals surface area contributed by atoms with Crippen molar-refractivity contribution in [1.82, 2.24) is 14.5 Å². The van der Waals surface area contributed by atoms with Crippen molar-refractivity contribution in [2.75, 3.05) is 0 Å². The van der Waals surface area contributed by atoms with E-state index < -0.39 is 0 Å². The molecule has 147 valence electrons. The van der Waals surface area contributed by atoms with Crippen LogP contribution in [-0.2, 0) is 20.1 Å². The zero-order chi connectivity index (χ0) is 19.1. The van der Waals surface area contributed by atoms with E-state index in [0.717, 1.165) is 22.5 Å². The Morgan fingerprint density at radius 2 is 1.71 bits per heavy atom. The first-order valence-electron chi connectivity index (χ1n) is 9.42. The van der Waals surface area contributed by atoms with E-state index >= 15 is 0 Å². The average molecular weight is 551 g/mol. The van der Waals surface area contributed by atoms with Gasteiger partial charge in [0.2, 0.25) is 0 Å². The topological polar surface area (TPSA) is 43.9 Å². The van der Waals surface area contributed by atoms with Gasteiger partial charge < -0.3 is 8.98 Å². The van der Waals surface area contributed by atoms with Gasteiger partial charge in [-0.05, 0) is 23.0 Å². The molecule has 2 heterocycles. The van der Waals surface area contributed by atoms with Gasteiger partial charge in [0.25, 0.3) is 0 Å². The fourth-order valence-electron chi connectivity index (χ4n) is 3.63. The second kappa shape index (κ2) is 8.02. The largest absolute Gasteiger partial charge is 0.461 e. The van der Waals surface area contributed by atoms with Crippen LogP contribution in [0.2, 0.25) is 0 Å². The minimum Gasteiger partial charge on any atom is -0.461 e. The molecule has 28 heavy (non-hydrogen) atoms. The van der Waals surface area contributed by atoms with Crippen LogP contribution in [0.3, 0.4) is 0 Å². The Hall–Kier alpha value is -2.23. The Kier molecular flexibility index (Phi) is 5.87. The van der Waals surface area contributed by atoms with Crippen LogP contribution in [0, 0.1) is 13.0 Å². The predicted molar refractivity (Wildman–Crippen MR) is 108 cm³/mol. The van der Waals surface area contributed by atoms with E-state index in [1.165, 1.54) is 16.8 Å². The Bertz CT molecular complexity index is 1080. The number of hydrogen-bond donors (Lipinski definition) is 0. The molecule has 0 N–H and O–H groups in total. The zero-order valence-corrected chi connectivity index (χ0v) is 19.2. The first kappa shape index (κ1) is 20.5. The Morgan fingerprint density at radius 3 is 2.36 bits per heavy atom. The van der Waals surface area contributed by atoms with Crippen LogP contribution in [0.5, 0.6) is 0 Å². The molecule has 0 saturated heterocycles. The molecule has 0 bridgehead atoms. The first-order chi connectivity index (χ1) is 13.0. The number of rotatable bonds is 4. The van der Waals surface area contributed by atoms with Gasteiger partial charge in [-0.15, -0.1) is 12.1 Å². The standard InChI is InChI=1S/C23H24N3O.Ir/c1-14(2)17-8-6-9-18(15(3)4)22(17)26-13-12-24-23(26)19-10-7-11-20-21(19)25-16(5)27-20;/h6-9,11-15H,1-5H3;/q-1;. The van der Waals surface area contributed by atoms with E-state index in [0.29, 0.717) is 17.7 Å². The van der Waals surface area contributed by atoms with Crippen LogP contribution >= 0.6 is 0 Å². The molecule has 0 fully saturated rings. The van der Waals surface area contributed by atoms with Crippen molar-refractivity contribution >= 4 is 11.1 Å². The zero-order valence-electron chi connectivity index (χ0n) is 16.8. The van der Waals surface area contributed by atoms with Crippen molar-refractivity contribution in [2.24, 2.45) is 0 Å². The molecular weight excluding hydrogens is 526 g/mol. The molecule has 1 radical (unpaired) electrons. The van der Waals surface area contributed by atoms with Crippen LogP contribution in [0.15, 0.2) is 47.1 Å². The molecule has 5 heteroatoms. The maximum atomic E-state index is 5.71. The molecular formula is C23H24IrN3O-. The van der Waals surface area contributed by atoms with Gasteiger partial charge in [0.05, 0.1) is 11.4 Å². The van der Waals surface area contributed by atoms with Gasteiger partial charge in [0, 0.05) is 50.6 Å². The molecule has 0 atom stereocenters. The molecule has 0 unspecified atom stereocenters. The van der Waals surface area contributed by atoms with E-state index in [1.807, 2.05) is 31.5 Å². The molecule has 0 saturated carbocycles. The Balaban J connectivity index is 0.00000225. The number of nitrogens with zero attached hydrogens (tertiary/aromatic N) is 3. The normalized spacial score (nSPS) is 11.4.